The number of nitrogens with one attached hydrogen (secondary N) is 1. The number of amides is 2. The number of nitrogens with zero attached hydrogens (tertiary/aromatic N) is 2. The molecule has 5 nitrogen and oxygen atoms in total. The lowest BCUT2D eigenvalue weighted by molar-refractivity contribution is -0.115. The van der Waals surface area contributed by atoms with Crippen LogP contribution in [0.2, 0.25) is 5.02 Å². The third kappa shape index (κ3) is 5.04. The Morgan fingerprint density at radius 2 is 1.53 bits per heavy atom. The maximum Gasteiger partial charge on any atom is 0.271 e. The molecule has 1 fully saturated rings. The van der Waals surface area contributed by atoms with E-state index in [2.05, 4.69) is 10.3 Å². The summed E-state index contributed by atoms with van der Waals surface area (Å²) >= 11 is 6.83. The molecule has 160 valence electrons. The maximum atomic E-state index is 13.4. The molecule has 32 heavy (non-hydrogen) atoms. The zero-order valence-electron chi connectivity index (χ0n) is 16.3. The molecule has 0 saturated carbocycles. The first-order valence-electron chi connectivity index (χ1n) is 9.29. The highest BCUT2D eigenvalue weighted by Crippen LogP contribution is 2.36. The second-order valence-corrected chi connectivity index (χ2v) is 8.04. The Morgan fingerprint density at radius 1 is 0.938 bits per heavy atom. The van der Waals surface area contributed by atoms with Gasteiger partial charge < -0.3 is 5.32 Å². The number of hydrogen-bond acceptors (Lipinski definition) is 4. The molecule has 9 heteroatoms. The largest absolute Gasteiger partial charge is 0.322 e. The van der Waals surface area contributed by atoms with Crippen molar-refractivity contribution >= 4 is 57.4 Å². The zero-order valence-corrected chi connectivity index (χ0v) is 17.8. The van der Waals surface area contributed by atoms with Gasteiger partial charge in [-0.3, -0.25) is 14.5 Å². The molecular weight excluding hydrogens is 456 g/mol. The zero-order chi connectivity index (χ0) is 22.7. The van der Waals surface area contributed by atoms with Crippen LogP contribution in [0.4, 0.5) is 25.8 Å². The molecule has 0 aliphatic carbocycles. The molecule has 0 unspecified atom stereocenters. The quantitative estimate of drug-likeness (QED) is 0.483. The SMILES string of the molecule is O=C(/C=C1/SC(=Nc2ccc(F)cc2)N(c2ccc(F)cc2)C1=O)Nc1ccc(Cl)cc1. The van der Waals surface area contributed by atoms with Crippen molar-refractivity contribution in [3.63, 3.8) is 0 Å². The molecule has 2 amide bonds. The van der Waals surface area contributed by atoms with Crippen molar-refractivity contribution < 1.29 is 18.4 Å². The van der Waals surface area contributed by atoms with Gasteiger partial charge >= 0.3 is 0 Å². The fraction of sp³-hybridized carbons (Fsp3) is 0. The maximum absolute atomic E-state index is 13.4. The highest BCUT2D eigenvalue weighted by Gasteiger charge is 2.35. The fourth-order valence-electron chi connectivity index (χ4n) is 2.82. The minimum atomic E-state index is -0.509. The van der Waals surface area contributed by atoms with Gasteiger partial charge in [0.15, 0.2) is 5.17 Å². The van der Waals surface area contributed by atoms with E-state index in [9.17, 15) is 18.4 Å². The Morgan fingerprint density at radius 3 is 2.16 bits per heavy atom. The second-order valence-electron chi connectivity index (χ2n) is 6.59. The Kier molecular flexibility index (Phi) is 6.34. The van der Waals surface area contributed by atoms with Crippen molar-refractivity contribution in [3.8, 4) is 0 Å². The van der Waals surface area contributed by atoms with Gasteiger partial charge in [-0.05, 0) is 84.6 Å². The highest BCUT2D eigenvalue weighted by molar-refractivity contribution is 8.19. The van der Waals surface area contributed by atoms with Crippen molar-refractivity contribution in [2.24, 2.45) is 4.99 Å². The summed E-state index contributed by atoms with van der Waals surface area (Å²) in [5.41, 5.74) is 1.31. The first-order valence-corrected chi connectivity index (χ1v) is 10.5. The summed E-state index contributed by atoms with van der Waals surface area (Å²) in [7, 11) is 0. The molecule has 4 rings (SSSR count). The first-order chi connectivity index (χ1) is 15.4. The predicted octanol–water partition coefficient (Wildman–Crippen LogP) is 5.91. The van der Waals surface area contributed by atoms with Crippen LogP contribution in [-0.2, 0) is 9.59 Å². The van der Waals surface area contributed by atoms with E-state index in [1.807, 2.05) is 0 Å². The molecule has 1 saturated heterocycles. The van der Waals surface area contributed by atoms with Crippen LogP contribution in [0, 0.1) is 11.6 Å². The lowest BCUT2D eigenvalue weighted by atomic mass is 10.2. The number of hydrogen-bond donors (Lipinski definition) is 1. The number of aliphatic imine (C=N–C) groups is 1. The van der Waals surface area contributed by atoms with Crippen LogP contribution in [0.5, 0.6) is 0 Å². The summed E-state index contributed by atoms with van der Waals surface area (Å²) in [6.07, 6.45) is 1.17. The third-order valence-corrected chi connectivity index (χ3v) is 5.54. The second kappa shape index (κ2) is 9.33. The van der Waals surface area contributed by atoms with Gasteiger partial charge in [-0.1, -0.05) is 11.6 Å². The lowest BCUT2D eigenvalue weighted by Gasteiger charge is -2.15. The molecule has 3 aromatic carbocycles. The molecule has 1 aliphatic rings. The minimum Gasteiger partial charge on any atom is -0.322 e. The monoisotopic (exact) mass is 469 g/mol. The lowest BCUT2D eigenvalue weighted by Crippen LogP contribution is -2.28. The molecule has 1 aliphatic heterocycles. The van der Waals surface area contributed by atoms with E-state index in [0.29, 0.717) is 22.1 Å². The number of thioether (sulfide) groups is 1. The summed E-state index contributed by atoms with van der Waals surface area (Å²) in [6.45, 7) is 0. The Labute approximate surface area is 191 Å². The van der Waals surface area contributed by atoms with E-state index >= 15 is 0 Å². The number of rotatable bonds is 4. The normalized spacial score (nSPS) is 16.1. The Hall–Kier alpha value is -3.49. The molecule has 0 bridgehead atoms. The summed E-state index contributed by atoms with van der Waals surface area (Å²) in [5.74, 6) is -1.87. The van der Waals surface area contributed by atoms with E-state index in [-0.39, 0.29) is 10.1 Å². The molecule has 0 aromatic heterocycles. The van der Waals surface area contributed by atoms with Crippen molar-refractivity contribution in [2.45, 2.75) is 0 Å². The average Bonchev–Trinajstić information content (AvgIpc) is 3.06. The number of benzene rings is 3. The molecule has 0 atom stereocenters. The first kappa shape index (κ1) is 21.7. The number of anilines is 2. The van der Waals surface area contributed by atoms with E-state index < -0.39 is 23.4 Å². The summed E-state index contributed by atoms with van der Waals surface area (Å²) < 4.78 is 26.6. The number of halogens is 3. The van der Waals surface area contributed by atoms with E-state index in [0.717, 1.165) is 11.8 Å². The van der Waals surface area contributed by atoms with Crippen LogP contribution in [-0.4, -0.2) is 17.0 Å². The van der Waals surface area contributed by atoms with Crippen LogP contribution in [0.3, 0.4) is 0 Å². The van der Waals surface area contributed by atoms with Crippen LogP contribution >= 0.6 is 23.4 Å². The van der Waals surface area contributed by atoms with Crippen molar-refractivity contribution in [1.82, 2.24) is 0 Å². The van der Waals surface area contributed by atoms with Crippen molar-refractivity contribution in [3.05, 3.63) is 100 Å². The van der Waals surface area contributed by atoms with Crippen LogP contribution in [0.1, 0.15) is 0 Å². The summed E-state index contributed by atoms with van der Waals surface area (Å²) in [5, 5.41) is 3.44. The topological polar surface area (TPSA) is 61.8 Å². The van der Waals surface area contributed by atoms with Gasteiger partial charge in [-0.15, -0.1) is 0 Å². The highest BCUT2D eigenvalue weighted by atomic mass is 35.5. The fourth-order valence-corrected chi connectivity index (χ4v) is 3.92. The minimum absolute atomic E-state index is 0.127. The molecular formula is C23H14ClF2N3O2S. The van der Waals surface area contributed by atoms with Gasteiger partial charge in [-0.25, -0.2) is 13.8 Å². The van der Waals surface area contributed by atoms with Gasteiger partial charge in [0.05, 0.1) is 16.3 Å². The Balaban J connectivity index is 1.65. The van der Waals surface area contributed by atoms with Gasteiger partial charge in [0, 0.05) is 16.8 Å². The molecule has 1 heterocycles. The van der Waals surface area contributed by atoms with Gasteiger partial charge in [0.1, 0.15) is 11.6 Å². The molecule has 0 spiro atoms. The molecule has 1 N–H and O–H groups in total. The Bertz CT molecular complexity index is 1230. The predicted molar refractivity (Wildman–Crippen MR) is 123 cm³/mol. The van der Waals surface area contributed by atoms with Gasteiger partial charge in [0.2, 0.25) is 5.91 Å². The number of amidine groups is 1. The molecule has 3 aromatic rings. The number of carbonyl (C=O) groups is 2. The van der Waals surface area contributed by atoms with Crippen LogP contribution in [0.25, 0.3) is 0 Å². The van der Waals surface area contributed by atoms with E-state index in [1.54, 1.807) is 24.3 Å². The van der Waals surface area contributed by atoms with Crippen LogP contribution in [0.15, 0.2) is 88.8 Å². The number of carbonyl (C=O) groups excluding carboxylic acids is 2. The van der Waals surface area contributed by atoms with E-state index in [4.69, 9.17) is 11.6 Å². The van der Waals surface area contributed by atoms with Gasteiger partial charge in [0.25, 0.3) is 5.91 Å². The van der Waals surface area contributed by atoms with Crippen LogP contribution < -0.4 is 10.2 Å². The van der Waals surface area contributed by atoms with Gasteiger partial charge in [-0.2, -0.15) is 0 Å². The smallest absolute Gasteiger partial charge is 0.271 e. The van der Waals surface area contributed by atoms with Crippen molar-refractivity contribution in [1.29, 1.82) is 0 Å². The molecule has 0 radical (unpaired) electrons. The van der Waals surface area contributed by atoms with Crippen molar-refractivity contribution in [2.75, 3.05) is 10.2 Å². The summed E-state index contributed by atoms with van der Waals surface area (Å²) in [6, 6.07) is 17.3. The average molecular weight is 470 g/mol. The standard InChI is InChI=1S/C23H14ClF2N3O2S/c24-14-1-7-17(8-2-14)27-21(30)13-20-22(31)29(19-11-5-16(26)6-12-19)23(32-20)28-18-9-3-15(25)4-10-18/h1-13H,(H,27,30)/b20-13+,28-23?. The third-order valence-electron chi connectivity index (χ3n) is 4.32. The van der Waals surface area contributed by atoms with E-state index in [1.165, 1.54) is 59.5 Å². The summed E-state index contributed by atoms with van der Waals surface area (Å²) in [4.78, 5) is 31.4.